The third kappa shape index (κ3) is 2.80. The van der Waals surface area contributed by atoms with E-state index in [0.29, 0.717) is 12.1 Å². The van der Waals surface area contributed by atoms with E-state index in [2.05, 4.69) is 4.98 Å². The average Bonchev–Trinajstić information content (AvgIpc) is 2.36. The van der Waals surface area contributed by atoms with Gasteiger partial charge in [0.05, 0.1) is 16.0 Å². The second kappa shape index (κ2) is 5.33. The van der Waals surface area contributed by atoms with Crippen molar-refractivity contribution in [2.24, 2.45) is 0 Å². The third-order valence-electron chi connectivity index (χ3n) is 2.18. The SMILES string of the molecule is O=[N+]([O-])c1cc(F)c(Oc2ncc(Cl)cc2F)cc1F. The van der Waals surface area contributed by atoms with Crippen LogP contribution in [0.4, 0.5) is 18.9 Å². The minimum Gasteiger partial charge on any atom is -0.433 e. The van der Waals surface area contributed by atoms with Gasteiger partial charge >= 0.3 is 5.69 Å². The topological polar surface area (TPSA) is 65.3 Å². The zero-order chi connectivity index (χ0) is 14.9. The molecule has 0 atom stereocenters. The molecule has 0 aliphatic carbocycles. The second-order valence-electron chi connectivity index (χ2n) is 3.53. The number of rotatable bonds is 3. The van der Waals surface area contributed by atoms with Gasteiger partial charge in [0.15, 0.2) is 17.4 Å². The minimum atomic E-state index is -1.32. The molecule has 0 fully saturated rings. The molecule has 9 heteroatoms. The number of halogens is 4. The van der Waals surface area contributed by atoms with Crippen LogP contribution < -0.4 is 4.74 Å². The molecule has 1 aromatic carbocycles. The molecule has 0 spiro atoms. The molecule has 20 heavy (non-hydrogen) atoms. The largest absolute Gasteiger partial charge is 0.433 e. The van der Waals surface area contributed by atoms with Gasteiger partial charge in [-0.15, -0.1) is 0 Å². The van der Waals surface area contributed by atoms with Crippen LogP contribution in [-0.2, 0) is 0 Å². The molecular formula is C11H4ClF3N2O3. The van der Waals surface area contributed by atoms with Crippen molar-refractivity contribution in [3.05, 3.63) is 57.0 Å². The maximum atomic E-state index is 13.5. The van der Waals surface area contributed by atoms with Gasteiger partial charge in [-0.05, 0) is 6.07 Å². The van der Waals surface area contributed by atoms with Gasteiger partial charge < -0.3 is 4.74 Å². The monoisotopic (exact) mass is 304 g/mol. The summed E-state index contributed by atoms with van der Waals surface area (Å²) in [5.74, 6) is -4.91. The van der Waals surface area contributed by atoms with Crippen LogP contribution in [0.15, 0.2) is 24.4 Å². The molecular weight excluding hydrogens is 301 g/mol. The Kier molecular flexibility index (Phi) is 3.75. The summed E-state index contributed by atoms with van der Waals surface area (Å²) < 4.78 is 44.9. The lowest BCUT2D eigenvalue weighted by molar-refractivity contribution is -0.387. The molecule has 0 N–H and O–H groups in total. The fourth-order valence-corrected chi connectivity index (χ4v) is 1.46. The molecule has 2 rings (SSSR count). The van der Waals surface area contributed by atoms with Crippen LogP contribution >= 0.6 is 11.6 Å². The standard InChI is InChI=1S/C11H4ClF3N2O3/c12-5-1-8(15)11(16-4-5)20-10-3-6(13)9(17(18)19)2-7(10)14/h1-4H. The summed E-state index contributed by atoms with van der Waals surface area (Å²) in [6.45, 7) is 0. The average molecular weight is 305 g/mol. The molecule has 0 aliphatic rings. The third-order valence-corrected chi connectivity index (χ3v) is 2.39. The van der Waals surface area contributed by atoms with Crippen molar-refractivity contribution < 1.29 is 22.8 Å². The van der Waals surface area contributed by atoms with E-state index in [0.717, 1.165) is 12.3 Å². The Hall–Kier alpha value is -2.35. The summed E-state index contributed by atoms with van der Waals surface area (Å²) in [6, 6.07) is 1.63. The van der Waals surface area contributed by atoms with Gasteiger partial charge in [0.2, 0.25) is 5.82 Å². The van der Waals surface area contributed by atoms with Crippen molar-refractivity contribution in [3.8, 4) is 11.6 Å². The van der Waals surface area contributed by atoms with Crippen molar-refractivity contribution in [2.75, 3.05) is 0 Å². The Bertz CT molecular complexity index is 697. The first-order chi connectivity index (χ1) is 9.38. The van der Waals surface area contributed by atoms with Crippen molar-refractivity contribution in [2.45, 2.75) is 0 Å². The number of aromatic nitrogens is 1. The maximum Gasteiger partial charge on any atom is 0.307 e. The van der Waals surface area contributed by atoms with Crippen LogP contribution in [-0.4, -0.2) is 9.91 Å². The molecule has 0 radical (unpaired) electrons. The van der Waals surface area contributed by atoms with Gasteiger partial charge in [0.25, 0.3) is 5.88 Å². The maximum absolute atomic E-state index is 13.5. The Balaban J connectivity index is 2.39. The first kappa shape index (κ1) is 14.1. The van der Waals surface area contributed by atoms with Crippen LogP contribution in [0, 0.1) is 27.6 Å². The van der Waals surface area contributed by atoms with Crippen LogP contribution in [0.5, 0.6) is 11.6 Å². The molecule has 0 saturated heterocycles. The molecule has 1 aromatic heterocycles. The number of benzene rings is 1. The lowest BCUT2D eigenvalue weighted by atomic mass is 10.3. The number of ether oxygens (including phenoxy) is 1. The number of hydrogen-bond acceptors (Lipinski definition) is 4. The highest BCUT2D eigenvalue weighted by Crippen LogP contribution is 2.30. The molecule has 1 heterocycles. The van der Waals surface area contributed by atoms with E-state index >= 15 is 0 Å². The molecule has 104 valence electrons. The Morgan fingerprint density at radius 1 is 1.15 bits per heavy atom. The predicted octanol–water partition coefficient (Wildman–Crippen LogP) is 3.85. The Morgan fingerprint density at radius 2 is 1.85 bits per heavy atom. The highest BCUT2D eigenvalue weighted by molar-refractivity contribution is 6.30. The smallest absolute Gasteiger partial charge is 0.307 e. The minimum absolute atomic E-state index is 0.00907. The fourth-order valence-electron chi connectivity index (χ4n) is 1.32. The zero-order valence-electron chi connectivity index (χ0n) is 9.44. The van der Waals surface area contributed by atoms with E-state index in [9.17, 15) is 23.3 Å². The predicted molar refractivity (Wildman–Crippen MR) is 62.3 cm³/mol. The second-order valence-corrected chi connectivity index (χ2v) is 3.97. The first-order valence-corrected chi connectivity index (χ1v) is 5.38. The summed E-state index contributed by atoms with van der Waals surface area (Å²) in [5.41, 5.74) is -1.06. The van der Waals surface area contributed by atoms with Gasteiger partial charge in [-0.1, -0.05) is 11.6 Å². The van der Waals surface area contributed by atoms with Crippen LogP contribution in [0.1, 0.15) is 0 Å². The molecule has 0 saturated carbocycles. The van der Waals surface area contributed by atoms with Crippen LogP contribution in [0.3, 0.4) is 0 Å². The number of nitro groups is 1. The number of nitrogens with zero attached hydrogens (tertiary/aromatic N) is 2. The summed E-state index contributed by atoms with van der Waals surface area (Å²) in [6.07, 6.45) is 1.04. The molecule has 0 amide bonds. The zero-order valence-corrected chi connectivity index (χ0v) is 10.2. The van der Waals surface area contributed by atoms with E-state index in [1.165, 1.54) is 0 Å². The number of nitro benzene ring substituents is 1. The highest BCUT2D eigenvalue weighted by atomic mass is 35.5. The van der Waals surface area contributed by atoms with Crippen molar-refractivity contribution >= 4 is 17.3 Å². The quantitative estimate of drug-likeness (QED) is 0.638. The van der Waals surface area contributed by atoms with Crippen molar-refractivity contribution in [1.82, 2.24) is 4.98 Å². The fraction of sp³-hybridized carbons (Fsp3) is 0. The van der Waals surface area contributed by atoms with Gasteiger partial charge in [-0.2, -0.15) is 4.39 Å². The van der Waals surface area contributed by atoms with E-state index in [1.54, 1.807) is 0 Å². The molecule has 5 nitrogen and oxygen atoms in total. The Labute approximate surface area is 114 Å². The summed E-state index contributed by atoms with van der Waals surface area (Å²) in [4.78, 5) is 12.8. The molecule has 0 aliphatic heterocycles. The van der Waals surface area contributed by atoms with Gasteiger partial charge in [0.1, 0.15) is 0 Å². The van der Waals surface area contributed by atoms with Gasteiger partial charge in [0, 0.05) is 12.3 Å². The van der Waals surface area contributed by atoms with Crippen LogP contribution in [0.2, 0.25) is 5.02 Å². The molecule has 2 aromatic rings. The number of hydrogen-bond donors (Lipinski definition) is 0. The van der Waals surface area contributed by atoms with E-state index in [-0.39, 0.29) is 5.02 Å². The van der Waals surface area contributed by atoms with E-state index in [4.69, 9.17) is 16.3 Å². The first-order valence-electron chi connectivity index (χ1n) is 5.01. The number of pyridine rings is 1. The van der Waals surface area contributed by atoms with E-state index < -0.39 is 39.7 Å². The molecule has 0 bridgehead atoms. The highest BCUT2D eigenvalue weighted by Gasteiger charge is 2.20. The summed E-state index contributed by atoms with van der Waals surface area (Å²) in [7, 11) is 0. The van der Waals surface area contributed by atoms with Gasteiger partial charge in [-0.3, -0.25) is 10.1 Å². The van der Waals surface area contributed by atoms with Crippen molar-refractivity contribution in [1.29, 1.82) is 0 Å². The molecule has 0 unspecified atom stereocenters. The normalized spacial score (nSPS) is 10.4. The lowest BCUT2D eigenvalue weighted by Crippen LogP contribution is -1.98. The summed E-state index contributed by atoms with van der Waals surface area (Å²) in [5, 5.41) is 10.4. The van der Waals surface area contributed by atoms with Crippen LogP contribution in [0.25, 0.3) is 0 Å². The van der Waals surface area contributed by atoms with Crippen molar-refractivity contribution in [3.63, 3.8) is 0 Å². The lowest BCUT2D eigenvalue weighted by Gasteiger charge is -2.07. The van der Waals surface area contributed by atoms with E-state index in [1.807, 2.05) is 0 Å². The Morgan fingerprint density at radius 3 is 2.45 bits per heavy atom. The van der Waals surface area contributed by atoms with Gasteiger partial charge in [-0.25, -0.2) is 13.8 Å². The summed E-state index contributed by atoms with van der Waals surface area (Å²) >= 11 is 5.46.